The zero-order valence-corrected chi connectivity index (χ0v) is 9.83. The number of hydrogen-bond donors (Lipinski definition) is 1. The summed E-state index contributed by atoms with van der Waals surface area (Å²) in [5, 5.41) is 0. The molecule has 0 saturated heterocycles. The maximum atomic E-state index is 11.5. The van der Waals surface area contributed by atoms with Crippen molar-refractivity contribution in [2.24, 2.45) is 5.73 Å². The maximum Gasteiger partial charge on any atom is 0.213 e. The van der Waals surface area contributed by atoms with Crippen molar-refractivity contribution in [3.05, 3.63) is 0 Å². The Morgan fingerprint density at radius 2 is 2.08 bits per heavy atom. The number of thioether (sulfide) groups is 1. The Morgan fingerprint density at radius 3 is 2.54 bits per heavy atom. The van der Waals surface area contributed by atoms with Crippen molar-refractivity contribution in [2.45, 2.75) is 6.42 Å². The molecular weight excluding hydrogens is 208 g/mol. The summed E-state index contributed by atoms with van der Waals surface area (Å²) in [6.45, 7) is 1.00. The molecule has 0 atom stereocenters. The summed E-state index contributed by atoms with van der Waals surface area (Å²) in [5.74, 6) is 0.993. The molecule has 0 amide bonds. The molecule has 0 aromatic heterocycles. The largest absolute Gasteiger partial charge is 0.330 e. The van der Waals surface area contributed by atoms with Crippen LogP contribution in [-0.2, 0) is 10.0 Å². The highest BCUT2D eigenvalue weighted by Gasteiger charge is 2.15. The third kappa shape index (κ3) is 5.51. The first-order valence-corrected chi connectivity index (χ1v) is 7.18. The second kappa shape index (κ2) is 6.64. The topological polar surface area (TPSA) is 63.4 Å². The fourth-order valence-electron chi connectivity index (χ4n) is 0.780. The summed E-state index contributed by atoms with van der Waals surface area (Å²) in [5.41, 5.74) is 5.25. The molecule has 0 aromatic carbocycles. The number of hydrogen-bond acceptors (Lipinski definition) is 4. The molecule has 0 aliphatic heterocycles. The third-order valence-corrected chi connectivity index (χ3v) is 4.22. The molecule has 0 heterocycles. The number of sulfonamides is 1. The van der Waals surface area contributed by atoms with E-state index in [2.05, 4.69) is 0 Å². The molecule has 2 N–H and O–H groups in total. The third-order valence-electron chi connectivity index (χ3n) is 1.69. The summed E-state index contributed by atoms with van der Waals surface area (Å²) in [7, 11) is -1.44. The Hall–Kier alpha value is 0.220. The lowest BCUT2D eigenvalue weighted by molar-refractivity contribution is 0.487. The van der Waals surface area contributed by atoms with Gasteiger partial charge < -0.3 is 5.73 Å². The Morgan fingerprint density at radius 1 is 1.46 bits per heavy atom. The van der Waals surface area contributed by atoms with E-state index >= 15 is 0 Å². The van der Waals surface area contributed by atoms with Gasteiger partial charge in [0.2, 0.25) is 10.0 Å². The van der Waals surface area contributed by atoms with Crippen molar-refractivity contribution in [3.63, 3.8) is 0 Å². The predicted octanol–water partition coefficient (Wildman–Crippen LogP) is -0.0402. The monoisotopic (exact) mass is 226 g/mol. The zero-order chi connectivity index (χ0) is 10.3. The van der Waals surface area contributed by atoms with Crippen molar-refractivity contribution < 1.29 is 8.42 Å². The Bertz CT molecular complexity index is 217. The molecule has 4 nitrogen and oxygen atoms in total. The molecule has 6 heteroatoms. The average molecular weight is 226 g/mol. The van der Waals surface area contributed by atoms with Crippen molar-refractivity contribution in [1.29, 1.82) is 0 Å². The van der Waals surface area contributed by atoms with Gasteiger partial charge in [0.25, 0.3) is 0 Å². The zero-order valence-electron chi connectivity index (χ0n) is 8.19. The van der Waals surface area contributed by atoms with Gasteiger partial charge in [-0.05, 0) is 19.2 Å². The summed E-state index contributed by atoms with van der Waals surface area (Å²) >= 11 is 1.64. The van der Waals surface area contributed by atoms with Crippen molar-refractivity contribution >= 4 is 21.8 Å². The fourth-order valence-corrected chi connectivity index (χ4v) is 2.57. The molecule has 13 heavy (non-hydrogen) atoms. The van der Waals surface area contributed by atoms with Gasteiger partial charge in [-0.3, -0.25) is 0 Å². The number of rotatable bonds is 7. The van der Waals surface area contributed by atoms with Crippen LogP contribution in [0.4, 0.5) is 0 Å². The smallest absolute Gasteiger partial charge is 0.213 e. The van der Waals surface area contributed by atoms with E-state index in [0.717, 1.165) is 5.75 Å². The molecule has 0 radical (unpaired) electrons. The molecule has 80 valence electrons. The molecule has 0 bridgehead atoms. The normalized spacial score (nSPS) is 12.3. The van der Waals surface area contributed by atoms with Crippen LogP contribution in [-0.4, -0.2) is 50.6 Å². The molecule has 0 aliphatic carbocycles. The van der Waals surface area contributed by atoms with Crippen LogP contribution < -0.4 is 5.73 Å². The lowest BCUT2D eigenvalue weighted by atomic mass is 10.5. The van der Waals surface area contributed by atoms with Crippen LogP contribution >= 0.6 is 11.8 Å². The predicted molar refractivity (Wildman–Crippen MR) is 58.5 cm³/mol. The van der Waals surface area contributed by atoms with Crippen LogP contribution in [0.2, 0.25) is 0 Å². The van der Waals surface area contributed by atoms with Gasteiger partial charge >= 0.3 is 0 Å². The first kappa shape index (κ1) is 13.2. The van der Waals surface area contributed by atoms with Crippen molar-refractivity contribution in [2.75, 3.05) is 37.9 Å². The van der Waals surface area contributed by atoms with Crippen LogP contribution in [0.1, 0.15) is 6.42 Å². The quantitative estimate of drug-likeness (QED) is 0.661. The van der Waals surface area contributed by atoms with E-state index in [-0.39, 0.29) is 5.75 Å². The highest BCUT2D eigenvalue weighted by Crippen LogP contribution is 2.02. The van der Waals surface area contributed by atoms with Gasteiger partial charge in [0, 0.05) is 19.3 Å². The molecule has 0 unspecified atom stereocenters. The minimum atomic E-state index is -3.05. The standard InChI is InChI=1S/C7H18N2O2S2/c1-9(5-6-12-2)13(10,11)7-3-4-8/h3-8H2,1-2H3. The van der Waals surface area contributed by atoms with Crippen LogP contribution in [0, 0.1) is 0 Å². The van der Waals surface area contributed by atoms with E-state index in [1.54, 1.807) is 18.8 Å². The summed E-state index contributed by atoms with van der Waals surface area (Å²) in [6.07, 6.45) is 2.49. The summed E-state index contributed by atoms with van der Waals surface area (Å²) < 4.78 is 24.3. The highest BCUT2D eigenvalue weighted by atomic mass is 32.2. The fraction of sp³-hybridized carbons (Fsp3) is 1.00. The summed E-state index contributed by atoms with van der Waals surface area (Å²) in [6, 6.07) is 0. The SMILES string of the molecule is CSCCN(C)S(=O)(=O)CCCN. The van der Waals surface area contributed by atoms with Gasteiger partial charge in [0.15, 0.2) is 0 Å². The first-order chi connectivity index (χ1) is 6.04. The lowest BCUT2D eigenvalue weighted by Crippen LogP contribution is -2.31. The van der Waals surface area contributed by atoms with E-state index in [1.807, 2.05) is 6.26 Å². The van der Waals surface area contributed by atoms with Crippen LogP contribution in [0.15, 0.2) is 0 Å². The molecule has 0 fully saturated rings. The van der Waals surface area contributed by atoms with Gasteiger partial charge in [0.1, 0.15) is 0 Å². The van der Waals surface area contributed by atoms with Gasteiger partial charge in [-0.15, -0.1) is 0 Å². The average Bonchev–Trinajstić information content (AvgIpc) is 2.10. The van der Waals surface area contributed by atoms with Crippen LogP contribution in [0.5, 0.6) is 0 Å². The number of nitrogens with zero attached hydrogens (tertiary/aromatic N) is 1. The molecule has 0 rings (SSSR count). The highest BCUT2D eigenvalue weighted by molar-refractivity contribution is 7.98. The van der Waals surface area contributed by atoms with Crippen LogP contribution in [0.3, 0.4) is 0 Å². The van der Waals surface area contributed by atoms with Gasteiger partial charge in [-0.25, -0.2) is 12.7 Å². The Kier molecular flexibility index (Phi) is 6.75. The van der Waals surface area contributed by atoms with E-state index in [0.29, 0.717) is 19.5 Å². The molecule has 0 spiro atoms. The first-order valence-electron chi connectivity index (χ1n) is 4.17. The minimum Gasteiger partial charge on any atom is -0.330 e. The molecular formula is C7H18N2O2S2. The van der Waals surface area contributed by atoms with E-state index in [4.69, 9.17) is 5.73 Å². The van der Waals surface area contributed by atoms with Gasteiger partial charge in [0.05, 0.1) is 5.75 Å². The maximum absolute atomic E-state index is 11.5. The molecule has 0 aromatic rings. The minimum absolute atomic E-state index is 0.161. The summed E-state index contributed by atoms with van der Waals surface area (Å²) in [4.78, 5) is 0. The Balaban J connectivity index is 3.96. The van der Waals surface area contributed by atoms with Crippen molar-refractivity contribution in [3.8, 4) is 0 Å². The second-order valence-corrected chi connectivity index (χ2v) is 5.95. The van der Waals surface area contributed by atoms with E-state index in [1.165, 1.54) is 4.31 Å². The number of nitrogens with two attached hydrogens (primary N) is 1. The Labute approximate surface area is 84.9 Å². The van der Waals surface area contributed by atoms with E-state index in [9.17, 15) is 8.42 Å². The lowest BCUT2D eigenvalue weighted by Gasteiger charge is -2.15. The van der Waals surface area contributed by atoms with Gasteiger partial charge in [-0.1, -0.05) is 0 Å². The van der Waals surface area contributed by atoms with Gasteiger partial charge in [-0.2, -0.15) is 11.8 Å². The molecule has 0 saturated carbocycles. The van der Waals surface area contributed by atoms with E-state index < -0.39 is 10.0 Å². The molecule has 0 aliphatic rings. The van der Waals surface area contributed by atoms with Crippen LogP contribution in [0.25, 0.3) is 0 Å². The second-order valence-electron chi connectivity index (χ2n) is 2.77. The van der Waals surface area contributed by atoms with Crippen molar-refractivity contribution in [1.82, 2.24) is 4.31 Å².